The van der Waals surface area contributed by atoms with Crippen molar-refractivity contribution in [2.45, 2.75) is 38.8 Å². The molecule has 1 saturated heterocycles. The van der Waals surface area contributed by atoms with Crippen LogP contribution in [0.2, 0.25) is 0 Å². The summed E-state index contributed by atoms with van der Waals surface area (Å²) in [5.41, 5.74) is 2.53. The van der Waals surface area contributed by atoms with Crippen molar-refractivity contribution in [3.05, 3.63) is 59.5 Å². The van der Waals surface area contributed by atoms with E-state index >= 15 is 0 Å². The molecule has 32 heavy (non-hydrogen) atoms. The second-order valence-electron chi connectivity index (χ2n) is 7.77. The number of hydrogen-bond acceptors (Lipinski definition) is 7. The van der Waals surface area contributed by atoms with Gasteiger partial charge in [-0.2, -0.15) is 20.3 Å². The molecule has 1 aliphatic heterocycles. The fraction of sp³-hybridized carbons (Fsp3) is 0.348. The van der Waals surface area contributed by atoms with E-state index in [4.69, 9.17) is 9.47 Å². The number of pyridine rings is 1. The molecule has 1 aliphatic rings. The van der Waals surface area contributed by atoms with Gasteiger partial charge in [0.05, 0.1) is 37.3 Å². The van der Waals surface area contributed by atoms with E-state index in [0.717, 1.165) is 18.4 Å². The van der Waals surface area contributed by atoms with Crippen LogP contribution in [0.15, 0.2) is 42.9 Å². The third-order valence-electron chi connectivity index (χ3n) is 5.59. The Kier molecular flexibility index (Phi) is 6.03. The standard InChI is InChI=1S/C23H24N6O3/c1-15-4-7-19(20(12-15)29-26-10-11-27-29)23(30)28-14-18(6-5-16(28)2)32-22-21(31-3)17(13-24)8-9-25-22/h4,7-12,16,18H,5-6,14H2,1-3H3/t16-,18-/m1/s1. The maximum atomic E-state index is 13.6. The predicted octanol–water partition coefficient (Wildman–Crippen LogP) is 2.92. The quantitative estimate of drug-likeness (QED) is 0.610. The summed E-state index contributed by atoms with van der Waals surface area (Å²) >= 11 is 0. The van der Waals surface area contributed by atoms with Crippen LogP contribution in [0.5, 0.6) is 11.6 Å². The van der Waals surface area contributed by atoms with E-state index in [1.54, 1.807) is 18.5 Å². The Morgan fingerprint density at radius 1 is 1.19 bits per heavy atom. The molecule has 1 amide bonds. The van der Waals surface area contributed by atoms with Crippen LogP contribution in [0, 0.1) is 18.3 Å². The summed E-state index contributed by atoms with van der Waals surface area (Å²) in [6.45, 7) is 4.38. The van der Waals surface area contributed by atoms with Crippen molar-refractivity contribution in [3.63, 3.8) is 0 Å². The van der Waals surface area contributed by atoms with E-state index in [1.165, 1.54) is 18.1 Å². The van der Waals surface area contributed by atoms with Gasteiger partial charge < -0.3 is 14.4 Å². The molecule has 1 fully saturated rings. The molecule has 3 aromatic rings. The molecule has 9 heteroatoms. The Bertz CT molecular complexity index is 1160. The van der Waals surface area contributed by atoms with Crippen molar-refractivity contribution in [3.8, 4) is 23.4 Å². The van der Waals surface area contributed by atoms with Crippen molar-refractivity contribution in [1.29, 1.82) is 5.26 Å². The fourth-order valence-corrected chi connectivity index (χ4v) is 3.89. The van der Waals surface area contributed by atoms with Gasteiger partial charge in [0, 0.05) is 12.2 Å². The average Bonchev–Trinajstić information content (AvgIpc) is 3.34. The van der Waals surface area contributed by atoms with Crippen molar-refractivity contribution >= 4 is 5.91 Å². The molecule has 0 unspecified atom stereocenters. The van der Waals surface area contributed by atoms with E-state index in [1.807, 2.05) is 36.9 Å². The van der Waals surface area contributed by atoms with E-state index in [9.17, 15) is 10.1 Å². The van der Waals surface area contributed by atoms with Gasteiger partial charge in [-0.15, -0.1) is 0 Å². The van der Waals surface area contributed by atoms with E-state index in [-0.39, 0.29) is 23.9 Å². The van der Waals surface area contributed by atoms with Gasteiger partial charge in [0.15, 0.2) is 5.75 Å². The second kappa shape index (κ2) is 9.06. The lowest BCUT2D eigenvalue weighted by Gasteiger charge is -2.38. The Labute approximate surface area is 186 Å². The maximum Gasteiger partial charge on any atom is 0.258 e. The lowest BCUT2D eigenvalue weighted by atomic mass is 9.99. The minimum absolute atomic E-state index is 0.0439. The van der Waals surface area contributed by atoms with Crippen LogP contribution in [0.25, 0.3) is 5.69 Å². The molecule has 0 saturated carbocycles. The highest BCUT2D eigenvalue weighted by Gasteiger charge is 2.33. The number of aromatic nitrogens is 4. The number of aryl methyl sites for hydroxylation is 1. The molecule has 0 aliphatic carbocycles. The zero-order valence-corrected chi connectivity index (χ0v) is 18.2. The molecule has 164 valence electrons. The molecule has 9 nitrogen and oxygen atoms in total. The lowest BCUT2D eigenvalue weighted by Crippen LogP contribution is -2.49. The molecule has 0 spiro atoms. The monoisotopic (exact) mass is 432 g/mol. The minimum atomic E-state index is -0.276. The molecule has 1 aromatic carbocycles. The van der Waals surface area contributed by atoms with Crippen molar-refractivity contribution in [1.82, 2.24) is 24.9 Å². The Morgan fingerprint density at radius 3 is 2.69 bits per heavy atom. The molecule has 0 N–H and O–H groups in total. The maximum absolute atomic E-state index is 13.6. The van der Waals surface area contributed by atoms with Gasteiger partial charge in [-0.1, -0.05) is 6.07 Å². The molecule has 0 bridgehead atoms. The number of hydrogen-bond donors (Lipinski definition) is 0. The van der Waals surface area contributed by atoms with Gasteiger partial charge >= 0.3 is 0 Å². The average molecular weight is 432 g/mol. The molecular weight excluding hydrogens is 408 g/mol. The van der Waals surface area contributed by atoms with Gasteiger partial charge in [-0.05, 0) is 50.5 Å². The normalized spacial score (nSPS) is 18.1. The zero-order chi connectivity index (χ0) is 22.7. The Balaban J connectivity index is 1.59. The van der Waals surface area contributed by atoms with E-state index < -0.39 is 0 Å². The largest absolute Gasteiger partial charge is 0.490 e. The SMILES string of the molecule is COc1c(C#N)ccnc1O[C@@H]1CC[C@@H](C)N(C(=O)c2ccc(C)cc2-n2nccn2)C1. The first-order chi connectivity index (χ1) is 15.5. The summed E-state index contributed by atoms with van der Waals surface area (Å²) in [6, 6.07) is 9.32. The number of rotatable bonds is 5. The molecule has 4 rings (SSSR count). The number of methoxy groups -OCH3 is 1. The molecule has 2 atom stereocenters. The highest BCUT2D eigenvalue weighted by molar-refractivity contribution is 5.98. The van der Waals surface area contributed by atoms with Crippen LogP contribution < -0.4 is 9.47 Å². The van der Waals surface area contributed by atoms with Gasteiger partial charge in [-0.3, -0.25) is 4.79 Å². The number of likely N-dealkylation sites (tertiary alicyclic amines) is 1. The minimum Gasteiger partial charge on any atom is -0.490 e. The van der Waals surface area contributed by atoms with Crippen LogP contribution in [0.3, 0.4) is 0 Å². The van der Waals surface area contributed by atoms with Gasteiger partial charge in [0.25, 0.3) is 11.8 Å². The van der Waals surface area contributed by atoms with Crippen LogP contribution in [-0.4, -0.2) is 56.6 Å². The fourth-order valence-electron chi connectivity index (χ4n) is 3.89. The smallest absolute Gasteiger partial charge is 0.258 e. The number of benzene rings is 1. The number of nitriles is 1. The number of amides is 1. The molecule has 3 heterocycles. The number of ether oxygens (including phenoxy) is 2. The van der Waals surface area contributed by atoms with Crippen molar-refractivity contribution in [2.24, 2.45) is 0 Å². The van der Waals surface area contributed by atoms with Gasteiger partial charge in [0.2, 0.25) is 0 Å². The van der Waals surface area contributed by atoms with Crippen molar-refractivity contribution in [2.75, 3.05) is 13.7 Å². The summed E-state index contributed by atoms with van der Waals surface area (Å²) in [5.74, 6) is 0.455. The van der Waals surface area contributed by atoms with E-state index in [0.29, 0.717) is 29.1 Å². The predicted molar refractivity (Wildman–Crippen MR) is 116 cm³/mol. The Morgan fingerprint density at radius 2 is 1.97 bits per heavy atom. The van der Waals surface area contributed by atoms with E-state index in [2.05, 4.69) is 21.3 Å². The summed E-state index contributed by atoms with van der Waals surface area (Å²) in [5, 5.41) is 17.7. The molecule has 2 aromatic heterocycles. The summed E-state index contributed by atoms with van der Waals surface area (Å²) in [4.78, 5) is 21.1. The van der Waals surface area contributed by atoms with Gasteiger partial charge in [-0.25, -0.2) is 4.98 Å². The summed E-state index contributed by atoms with van der Waals surface area (Å²) in [6.07, 6.45) is 5.94. The number of piperidine rings is 1. The van der Waals surface area contributed by atoms with Crippen LogP contribution in [-0.2, 0) is 0 Å². The first kappa shape index (κ1) is 21.3. The van der Waals surface area contributed by atoms with Crippen LogP contribution in [0.1, 0.15) is 41.3 Å². The summed E-state index contributed by atoms with van der Waals surface area (Å²) < 4.78 is 11.4. The molecule has 0 radical (unpaired) electrons. The van der Waals surface area contributed by atoms with Crippen LogP contribution in [0.4, 0.5) is 0 Å². The van der Waals surface area contributed by atoms with Crippen LogP contribution >= 0.6 is 0 Å². The first-order valence-electron chi connectivity index (χ1n) is 10.4. The number of carbonyl (C=O) groups excluding carboxylic acids is 1. The van der Waals surface area contributed by atoms with Crippen molar-refractivity contribution < 1.29 is 14.3 Å². The van der Waals surface area contributed by atoms with Gasteiger partial charge in [0.1, 0.15) is 17.7 Å². The third-order valence-corrected chi connectivity index (χ3v) is 5.59. The summed E-state index contributed by atoms with van der Waals surface area (Å²) in [7, 11) is 1.48. The number of nitrogens with zero attached hydrogens (tertiary/aromatic N) is 6. The second-order valence-corrected chi connectivity index (χ2v) is 7.77. The topological polar surface area (TPSA) is 106 Å². The zero-order valence-electron chi connectivity index (χ0n) is 18.2. The highest BCUT2D eigenvalue weighted by Crippen LogP contribution is 2.31. The molecular formula is C23H24N6O3. The lowest BCUT2D eigenvalue weighted by molar-refractivity contribution is 0.0365. The first-order valence-corrected chi connectivity index (χ1v) is 10.4. The third kappa shape index (κ3) is 4.12. The number of carbonyl (C=O) groups is 1. The Hall–Kier alpha value is -3.93. The highest BCUT2D eigenvalue weighted by atomic mass is 16.5.